The summed E-state index contributed by atoms with van der Waals surface area (Å²) in [5, 5.41) is 14.1. The molecule has 2 rings (SSSR count). The van der Waals surface area contributed by atoms with Gasteiger partial charge < -0.3 is 29.8 Å². The number of nitrogens with one attached hydrogen (secondary N) is 2. The maximum Gasteiger partial charge on any atom is 0.322 e. The van der Waals surface area contributed by atoms with E-state index in [1.807, 2.05) is 0 Å². The highest BCUT2D eigenvalue weighted by Gasteiger charge is 2.21. The Morgan fingerprint density at radius 1 is 1.19 bits per heavy atom. The van der Waals surface area contributed by atoms with Crippen molar-refractivity contribution < 1.29 is 29.0 Å². The van der Waals surface area contributed by atoms with E-state index < -0.39 is 30.4 Å². The topological polar surface area (TPSA) is 119 Å². The van der Waals surface area contributed by atoms with Crippen molar-refractivity contribution in [1.82, 2.24) is 15.2 Å². The smallest absolute Gasteiger partial charge is 0.322 e. The lowest BCUT2D eigenvalue weighted by Gasteiger charge is -2.13. The fourth-order valence-corrected chi connectivity index (χ4v) is 2.53. The van der Waals surface area contributed by atoms with Crippen LogP contribution in [-0.2, 0) is 16.6 Å². The molecule has 0 fully saturated rings. The second kappa shape index (κ2) is 7.77. The molecule has 1 unspecified atom stereocenters. The number of aliphatic carboxylic acids is 1. The number of carboxylic acid groups (broad SMARTS) is 1. The number of hydrogen-bond acceptors (Lipinski definition) is 5. The molecule has 0 aliphatic carbocycles. The zero-order valence-corrected chi connectivity index (χ0v) is 15.0. The molecule has 140 valence electrons. The number of fused-ring (bicyclic) bond motifs is 1. The number of ether oxygens (including phenoxy) is 2. The molecule has 1 atom stereocenters. The molecule has 3 N–H and O–H groups in total. The highest BCUT2D eigenvalue weighted by molar-refractivity contribution is 6.02. The summed E-state index contributed by atoms with van der Waals surface area (Å²) in [7, 11) is 4.77. The van der Waals surface area contributed by atoms with E-state index in [9.17, 15) is 14.4 Å². The predicted molar refractivity (Wildman–Crippen MR) is 93.6 cm³/mol. The number of methoxy groups -OCH3 is 2. The van der Waals surface area contributed by atoms with Crippen molar-refractivity contribution in [2.45, 2.75) is 13.0 Å². The van der Waals surface area contributed by atoms with Gasteiger partial charge in [-0.3, -0.25) is 14.4 Å². The van der Waals surface area contributed by atoms with Crippen LogP contribution >= 0.6 is 0 Å². The average Bonchev–Trinajstić information content (AvgIpc) is 2.95. The average molecular weight is 363 g/mol. The molecule has 0 aliphatic heterocycles. The Bertz CT molecular complexity index is 858. The van der Waals surface area contributed by atoms with Crippen molar-refractivity contribution in [3.8, 4) is 11.5 Å². The fourth-order valence-electron chi connectivity index (χ4n) is 2.53. The van der Waals surface area contributed by atoms with E-state index in [1.165, 1.54) is 21.1 Å². The second-order valence-corrected chi connectivity index (χ2v) is 5.66. The minimum absolute atomic E-state index is 0.324. The number of amides is 2. The van der Waals surface area contributed by atoms with Crippen LogP contribution in [0.3, 0.4) is 0 Å². The standard InChI is InChI=1S/C17H21N3O6/c1-9(16(23)18-8-15(21)22)19-17(24)13-7-11-12(20(13)2)5-10(25-3)6-14(11)26-4/h5-7,9H,8H2,1-4H3,(H,18,23)(H,19,24)(H,21,22). The van der Waals surface area contributed by atoms with Gasteiger partial charge in [0.05, 0.1) is 19.7 Å². The molecule has 1 aromatic heterocycles. The summed E-state index contributed by atoms with van der Waals surface area (Å²) in [6.07, 6.45) is 0. The lowest BCUT2D eigenvalue weighted by molar-refractivity contribution is -0.138. The van der Waals surface area contributed by atoms with Crippen LogP contribution < -0.4 is 20.1 Å². The van der Waals surface area contributed by atoms with Gasteiger partial charge in [0.15, 0.2) is 0 Å². The third-order valence-corrected chi connectivity index (χ3v) is 3.94. The van der Waals surface area contributed by atoms with E-state index in [0.29, 0.717) is 17.2 Å². The van der Waals surface area contributed by atoms with E-state index >= 15 is 0 Å². The first-order chi connectivity index (χ1) is 12.3. The first-order valence-electron chi connectivity index (χ1n) is 7.80. The Kier molecular flexibility index (Phi) is 5.71. The molecule has 0 spiro atoms. The van der Waals surface area contributed by atoms with Crippen LogP contribution in [0.15, 0.2) is 18.2 Å². The van der Waals surface area contributed by atoms with Gasteiger partial charge >= 0.3 is 5.97 Å². The molecule has 9 nitrogen and oxygen atoms in total. The quantitative estimate of drug-likeness (QED) is 0.660. The second-order valence-electron chi connectivity index (χ2n) is 5.66. The Morgan fingerprint density at radius 3 is 2.46 bits per heavy atom. The molecule has 1 heterocycles. The SMILES string of the molecule is COc1cc(OC)c2cc(C(=O)NC(C)C(=O)NCC(=O)O)n(C)c2c1. The summed E-state index contributed by atoms with van der Waals surface area (Å²) < 4.78 is 12.2. The summed E-state index contributed by atoms with van der Waals surface area (Å²) in [5.74, 6) is -1.07. The third kappa shape index (κ3) is 3.88. The molecule has 9 heteroatoms. The maximum absolute atomic E-state index is 12.5. The van der Waals surface area contributed by atoms with E-state index in [0.717, 1.165) is 10.9 Å². The minimum Gasteiger partial charge on any atom is -0.497 e. The van der Waals surface area contributed by atoms with E-state index in [1.54, 1.807) is 29.8 Å². The highest BCUT2D eigenvalue weighted by Crippen LogP contribution is 2.33. The van der Waals surface area contributed by atoms with Crippen LogP contribution in [0.2, 0.25) is 0 Å². The highest BCUT2D eigenvalue weighted by atomic mass is 16.5. The van der Waals surface area contributed by atoms with Gasteiger partial charge in [0.1, 0.15) is 29.8 Å². The van der Waals surface area contributed by atoms with Gasteiger partial charge in [-0.2, -0.15) is 0 Å². The number of carbonyl (C=O) groups excluding carboxylic acids is 2. The Hall–Kier alpha value is -3.23. The van der Waals surface area contributed by atoms with Gasteiger partial charge in [-0.15, -0.1) is 0 Å². The number of rotatable bonds is 7. The molecule has 26 heavy (non-hydrogen) atoms. The van der Waals surface area contributed by atoms with E-state index in [-0.39, 0.29) is 0 Å². The van der Waals surface area contributed by atoms with Gasteiger partial charge in [0, 0.05) is 24.6 Å². The summed E-state index contributed by atoms with van der Waals surface area (Å²) in [6, 6.07) is 4.25. The number of aryl methyl sites for hydroxylation is 1. The van der Waals surface area contributed by atoms with Gasteiger partial charge in [-0.25, -0.2) is 0 Å². The monoisotopic (exact) mass is 363 g/mol. The molecule has 0 saturated carbocycles. The summed E-state index contributed by atoms with van der Waals surface area (Å²) >= 11 is 0. The largest absolute Gasteiger partial charge is 0.497 e. The first-order valence-corrected chi connectivity index (χ1v) is 7.80. The number of carboxylic acids is 1. The minimum atomic E-state index is -1.16. The zero-order valence-electron chi connectivity index (χ0n) is 15.0. The van der Waals surface area contributed by atoms with Crippen LogP contribution in [0.1, 0.15) is 17.4 Å². The summed E-state index contributed by atoms with van der Waals surface area (Å²) in [6.45, 7) is 0.964. The summed E-state index contributed by atoms with van der Waals surface area (Å²) in [5.41, 5.74) is 1.05. The Morgan fingerprint density at radius 2 is 1.88 bits per heavy atom. The van der Waals surface area contributed by atoms with Crippen molar-refractivity contribution in [3.63, 3.8) is 0 Å². The number of aromatic nitrogens is 1. The van der Waals surface area contributed by atoms with E-state index in [4.69, 9.17) is 14.6 Å². The van der Waals surface area contributed by atoms with Gasteiger partial charge in [0.25, 0.3) is 5.91 Å². The van der Waals surface area contributed by atoms with Crippen LogP contribution in [0.25, 0.3) is 10.9 Å². The number of nitrogens with zero attached hydrogens (tertiary/aromatic N) is 1. The lowest BCUT2D eigenvalue weighted by Crippen LogP contribution is -2.46. The van der Waals surface area contributed by atoms with Crippen LogP contribution in [0, 0.1) is 0 Å². The van der Waals surface area contributed by atoms with Gasteiger partial charge in [-0.1, -0.05) is 0 Å². The zero-order chi connectivity index (χ0) is 19.4. The third-order valence-electron chi connectivity index (χ3n) is 3.94. The lowest BCUT2D eigenvalue weighted by atomic mass is 10.2. The Labute approximate surface area is 149 Å². The van der Waals surface area contributed by atoms with Gasteiger partial charge in [0.2, 0.25) is 5.91 Å². The molecule has 1 aromatic carbocycles. The van der Waals surface area contributed by atoms with Gasteiger partial charge in [-0.05, 0) is 13.0 Å². The molecular weight excluding hydrogens is 342 g/mol. The maximum atomic E-state index is 12.5. The van der Waals surface area contributed by atoms with Crippen LogP contribution in [-0.4, -0.2) is 54.3 Å². The number of carbonyl (C=O) groups is 3. The van der Waals surface area contributed by atoms with Crippen molar-refractivity contribution >= 4 is 28.7 Å². The van der Waals surface area contributed by atoms with Crippen molar-refractivity contribution in [2.75, 3.05) is 20.8 Å². The first kappa shape index (κ1) is 19.1. The molecular formula is C17H21N3O6. The molecule has 2 aromatic rings. The summed E-state index contributed by atoms with van der Waals surface area (Å²) in [4.78, 5) is 34.9. The molecule has 0 bridgehead atoms. The fraction of sp³-hybridized carbons (Fsp3) is 0.353. The van der Waals surface area contributed by atoms with Crippen LogP contribution in [0.5, 0.6) is 11.5 Å². The predicted octanol–water partition coefficient (Wildman–Crippen LogP) is 0.515. The Balaban J connectivity index is 2.26. The molecule has 0 saturated heterocycles. The van der Waals surface area contributed by atoms with Crippen molar-refractivity contribution in [3.05, 3.63) is 23.9 Å². The van der Waals surface area contributed by atoms with E-state index in [2.05, 4.69) is 10.6 Å². The number of hydrogen-bond donors (Lipinski definition) is 3. The normalized spacial score (nSPS) is 11.7. The van der Waals surface area contributed by atoms with Crippen LogP contribution in [0.4, 0.5) is 0 Å². The molecule has 0 radical (unpaired) electrons. The molecule has 0 aliphatic rings. The van der Waals surface area contributed by atoms with Crippen molar-refractivity contribution in [2.24, 2.45) is 7.05 Å². The molecule has 2 amide bonds. The van der Waals surface area contributed by atoms with Crippen molar-refractivity contribution in [1.29, 1.82) is 0 Å². The number of benzene rings is 1.